The standard InChI is InChI=1S/C13H14N2O3/c1-8(14-15-9(2)16)12-7-10-5-4-6-11(17-3)13(10)18-12/h4-7H,1-3H3,(H,15,16)/b14-8-. The Bertz CT molecular complexity index is 614. The van der Waals surface area contributed by atoms with Crippen molar-refractivity contribution in [2.24, 2.45) is 5.10 Å². The second-order valence-corrected chi connectivity index (χ2v) is 3.85. The third kappa shape index (κ3) is 2.34. The van der Waals surface area contributed by atoms with Crippen LogP contribution in [0.5, 0.6) is 5.75 Å². The number of nitrogens with one attached hydrogen (secondary N) is 1. The molecule has 0 atom stereocenters. The molecule has 0 radical (unpaired) electrons. The van der Waals surface area contributed by atoms with Crippen LogP contribution in [-0.4, -0.2) is 18.7 Å². The Morgan fingerprint density at radius 2 is 2.17 bits per heavy atom. The topological polar surface area (TPSA) is 63.8 Å². The summed E-state index contributed by atoms with van der Waals surface area (Å²) in [6.45, 7) is 3.17. The number of hydrogen-bond donors (Lipinski definition) is 1. The quantitative estimate of drug-likeness (QED) is 0.667. The van der Waals surface area contributed by atoms with Gasteiger partial charge in [0.1, 0.15) is 5.71 Å². The summed E-state index contributed by atoms with van der Waals surface area (Å²) >= 11 is 0. The van der Waals surface area contributed by atoms with E-state index in [9.17, 15) is 4.79 Å². The van der Waals surface area contributed by atoms with E-state index in [1.54, 1.807) is 14.0 Å². The molecule has 1 N–H and O–H groups in total. The molecule has 5 nitrogen and oxygen atoms in total. The number of rotatable bonds is 3. The number of benzene rings is 1. The van der Waals surface area contributed by atoms with Crippen LogP contribution in [0, 0.1) is 0 Å². The minimum atomic E-state index is -0.219. The van der Waals surface area contributed by atoms with Crippen LogP contribution in [0.2, 0.25) is 0 Å². The first-order valence-electron chi connectivity index (χ1n) is 5.49. The van der Waals surface area contributed by atoms with Gasteiger partial charge in [-0.05, 0) is 19.1 Å². The van der Waals surface area contributed by atoms with Gasteiger partial charge in [0.25, 0.3) is 0 Å². The molecule has 0 aliphatic heterocycles. The molecule has 0 fully saturated rings. The Kier molecular flexibility index (Phi) is 3.32. The molecular formula is C13H14N2O3. The van der Waals surface area contributed by atoms with Crippen LogP contribution in [-0.2, 0) is 4.79 Å². The van der Waals surface area contributed by atoms with Crippen LogP contribution in [0.4, 0.5) is 0 Å². The first kappa shape index (κ1) is 12.2. The van der Waals surface area contributed by atoms with Gasteiger partial charge in [0.05, 0.1) is 7.11 Å². The molecule has 0 aliphatic rings. The summed E-state index contributed by atoms with van der Waals surface area (Å²) in [4.78, 5) is 10.8. The molecule has 2 rings (SSSR count). The Hall–Kier alpha value is -2.30. The number of methoxy groups -OCH3 is 1. The second-order valence-electron chi connectivity index (χ2n) is 3.85. The number of hydrazone groups is 1. The van der Waals surface area contributed by atoms with E-state index >= 15 is 0 Å². The van der Waals surface area contributed by atoms with Crippen molar-refractivity contribution in [1.29, 1.82) is 0 Å². The van der Waals surface area contributed by atoms with Gasteiger partial charge in [0.15, 0.2) is 17.1 Å². The van der Waals surface area contributed by atoms with E-state index in [-0.39, 0.29) is 5.91 Å². The normalized spacial score (nSPS) is 11.6. The van der Waals surface area contributed by atoms with Crippen LogP contribution in [0.3, 0.4) is 0 Å². The fourth-order valence-corrected chi connectivity index (χ4v) is 1.59. The highest BCUT2D eigenvalue weighted by atomic mass is 16.5. The lowest BCUT2D eigenvalue weighted by atomic mass is 10.2. The number of carbonyl (C=O) groups is 1. The van der Waals surface area contributed by atoms with Gasteiger partial charge in [0, 0.05) is 12.3 Å². The summed E-state index contributed by atoms with van der Waals surface area (Å²) in [6.07, 6.45) is 0. The molecule has 0 saturated heterocycles. The van der Waals surface area contributed by atoms with Crippen molar-refractivity contribution in [1.82, 2.24) is 5.43 Å². The number of amides is 1. The largest absolute Gasteiger partial charge is 0.493 e. The molecule has 0 saturated carbocycles. The van der Waals surface area contributed by atoms with Gasteiger partial charge in [-0.1, -0.05) is 12.1 Å². The lowest BCUT2D eigenvalue weighted by Crippen LogP contribution is -2.14. The molecule has 94 valence electrons. The summed E-state index contributed by atoms with van der Waals surface area (Å²) < 4.78 is 10.9. The van der Waals surface area contributed by atoms with Crippen LogP contribution in [0.15, 0.2) is 33.8 Å². The molecule has 1 heterocycles. The molecule has 0 bridgehead atoms. The highest BCUT2D eigenvalue weighted by Crippen LogP contribution is 2.28. The maximum Gasteiger partial charge on any atom is 0.236 e. The Morgan fingerprint density at radius 3 is 2.83 bits per heavy atom. The zero-order valence-electron chi connectivity index (χ0n) is 10.5. The van der Waals surface area contributed by atoms with Crippen molar-refractivity contribution < 1.29 is 13.9 Å². The number of ether oxygens (including phenoxy) is 1. The fourth-order valence-electron chi connectivity index (χ4n) is 1.59. The molecule has 0 spiro atoms. The first-order chi connectivity index (χ1) is 8.61. The molecule has 1 aromatic heterocycles. The van der Waals surface area contributed by atoms with E-state index in [4.69, 9.17) is 9.15 Å². The monoisotopic (exact) mass is 246 g/mol. The van der Waals surface area contributed by atoms with Crippen LogP contribution >= 0.6 is 0 Å². The molecule has 1 amide bonds. The molecular weight excluding hydrogens is 232 g/mol. The van der Waals surface area contributed by atoms with E-state index in [1.807, 2.05) is 24.3 Å². The maximum atomic E-state index is 10.8. The summed E-state index contributed by atoms with van der Waals surface area (Å²) in [5.74, 6) is 1.05. The smallest absolute Gasteiger partial charge is 0.236 e. The number of para-hydroxylation sites is 1. The van der Waals surface area contributed by atoms with Crippen molar-refractivity contribution >= 4 is 22.6 Å². The van der Waals surface area contributed by atoms with Gasteiger partial charge < -0.3 is 9.15 Å². The van der Waals surface area contributed by atoms with Gasteiger partial charge in [-0.15, -0.1) is 0 Å². The minimum Gasteiger partial charge on any atom is -0.493 e. The van der Waals surface area contributed by atoms with Gasteiger partial charge >= 0.3 is 0 Å². The Balaban J connectivity index is 2.41. The van der Waals surface area contributed by atoms with Crippen molar-refractivity contribution in [2.75, 3.05) is 7.11 Å². The molecule has 5 heteroatoms. The van der Waals surface area contributed by atoms with Gasteiger partial charge in [0.2, 0.25) is 5.91 Å². The number of hydrogen-bond acceptors (Lipinski definition) is 4. The number of carbonyl (C=O) groups excluding carboxylic acids is 1. The average Bonchev–Trinajstić information content (AvgIpc) is 2.79. The second kappa shape index (κ2) is 4.91. The molecule has 0 aliphatic carbocycles. The fraction of sp³-hybridized carbons (Fsp3) is 0.231. The van der Waals surface area contributed by atoms with E-state index < -0.39 is 0 Å². The number of furan rings is 1. The SMILES string of the molecule is COc1cccc2cc(/C(C)=N\NC(C)=O)oc12. The van der Waals surface area contributed by atoms with Crippen molar-refractivity contribution in [2.45, 2.75) is 13.8 Å². The predicted octanol–water partition coefficient (Wildman–Crippen LogP) is 2.30. The summed E-state index contributed by atoms with van der Waals surface area (Å²) in [7, 11) is 1.59. The van der Waals surface area contributed by atoms with E-state index in [1.165, 1.54) is 6.92 Å². The summed E-state index contributed by atoms with van der Waals surface area (Å²) in [5, 5.41) is 4.86. The third-order valence-electron chi connectivity index (χ3n) is 2.47. The third-order valence-corrected chi connectivity index (χ3v) is 2.47. The van der Waals surface area contributed by atoms with E-state index in [2.05, 4.69) is 10.5 Å². The minimum absolute atomic E-state index is 0.219. The van der Waals surface area contributed by atoms with Crippen LogP contribution in [0.1, 0.15) is 19.6 Å². The maximum absolute atomic E-state index is 10.8. The van der Waals surface area contributed by atoms with Crippen molar-refractivity contribution in [3.8, 4) is 5.75 Å². The van der Waals surface area contributed by atoms with Crippen LogP contribution < -0.4 is 10.2 Å². The highest BCUT2D eigenvalue weighted by molar-refractivity contribution is 6.00. The first-order valence-corrected chi connectivity index (χ1v) is 5.49. The Labute approximate surface area is 104 Å². The van der Waals surface area contributed by atoms with Crippen molar-refractivity contribution in [3.63, 3.8) is 0 Å². The lowest BCUT2D eigenvalue weighted by molar-refractivity contribution is -0.118. The molecule has 1 aromatic carbocycles. The van der Waals surface area contributed by atoms with Crippen LogP contribution in [0.25, 0.3) is 11.0 Å². The zero-order valence-corrected chi connectivity index (χ0v) is 10.5. The van der Waals surface area contributed by atoms with Gasteiger partial charge in [-0.25, -0.2) is 5.43 Å². The Morgan fingerprint density at radius 1 is 1.39 bits per heavy atom. The van der Waals surface area contributed by atoms with Gasteiger partial charge in [-0.2, -0.15) is 5.10 Å². The van der Waals surface area contributed by atoms with E-state index in [0.29, 0.717) is 22.8 Å². The summed E-state index contributed by atoms with van der Waals surface area (Å²) in [6, 6.07) is 7.51. The van der Waals surface area contributed by atoms with Gasteiger partial charge in [-0.3, -0.25) is 4.79 Å². The highest BCUT2D eigenvalue weighted by Gasteiger charge is 2.10. The number of nitrogens with zero attached hydrogens (tertiary/aromatic N) is 1. The molecule has 2 aromatic rings. The average molecular weight is 246 g/mol. The predicted molar refractivity (Wildman–Crippen MR) is 68.8 cm³/mol. The molecule has 0 unspecified atom stereocenters. The van der Waals surface area contributed by atoms with E-state index in [0.717, 1.165) is 5.39 Å². The lowest BCUT2D eigenvalue weighted by Gasteiger charge is -1.99. The van der Waals surface area contributed by atoms with Crippen molar-refractivity contribution in [3.05, 3.63) is 30.0 Å². The summed E-state index contributed by atoms with van der Waals surface area (Å²) in [5.41, 5.74) is 3.65. The zero-order chi connectivity index (χ0) is 13.1. The molecule has 18 heavy (non-hydrogen) atoms. The number of fused-ring (bicyclic) bond motifs is 1.